The van der Waals surface area contributed by atoms with Crippen molar-refractivity contribution in [3.63, 3.8) is 0 Å². The molecule has 0 aliphatic rings. The Hall–Kier alpha value is -2.06. The molecule has 2 nitrogen and oxygen atoms in total. The molecular formula is C18H18ClNO. The fourth-order valence-electron chi connectivity index (χ4n) is 1.82. The first-order valence-corrected chi connectivity index (χ1v) is 7.27. The topological polar surface area (TPSA) is 29.1 Å². The lowest BCUT2D eigenvalue weighted by atomic mass is 10.1. The highest BCUT2D eigenvalue weighted by atomic mass is 35.5. The van der Waals surface area contributed by atoms with Crippen LogP contribution in [-0.2, 0) is 0 Å². The molecule has 0 heterocycles. The van der Waals surface area contributed by atoms with Gasteiger partial charge in [-0.05, 0) is 41.8 Å². The number of carbonyl (C=O) groups is 1. The fraction of sp³-hybridized carbons (Fsp3) is 0.167. The van der Waals surface area contributed by atoms with E-state index in [2.05, 4.69) is 31.3 Å². The molecule has 0 fully saturated rings. The van der Waals surface area contributed by atoms with Crippen molar-refractivity contribution in [1.29, 1.82) is 0 Å². The molecule has 0 bridgehead atoms. The second-order valence-electron chi connectivity index (χ2n) is 5.19. The molecule has 0 atom stereocenters. The van der Waals surface area contributed by atoms with Crippen molar-refractivity contribution in [2.24, 2.45) is 5.92 Å². The molecule has 0 aromatic heterocycles. The smallest absolute Gasteiger partial charge is 0.255 e. The van der Waals surface area contributed by atoms with Crippen molar-refractivity contribution in [2.45, 2.75) is 13.8 Å². The Morgan fingerprint density at radius 1 is 1.14 bits per heavy atom. The summed E-state index contributed by atoms with van der Waals surface area (Å²) in [5.74, 6) is 0.368. The van der Waals surface area contributed by atoms with Crippen LogP contribution in [0.5, 0.6) is 0 Å². The summed E-state index contributed by atoms with van der Waals surface area (Å²) in [4.78, 5) is 12.1. The highest BCUT2D eigenvalue weighted by molar-refractivity contribution is 6.30. The second-order valence-corrected chi connectivity index (χ2v) is 5.63. The van der Waals surface area contributed by atoms with Gasteiger partial charge in [0.25, 0.3) is 5.91 Å². The Bertz CT molecular complexity index is 645. The highest BCUT2D eigenvalue weighted by Gasteiger charge is 2.05. The lowest BCUT2D eigenvalue weighted by Crippen LogP contribution is -2.11. The first kappa shape index (κ1) is 15.3. The third-order valence-electron chi connectivity index (χ3n) is 2.93. The van der Waals surface area contributed by atoms with Crippen molar-refractivity contribution in [3.8, 4) is 0 Å². The van der Waals surface area contributed by atoms with Crippen LogP contribution in [0.2, 0.25) is 5.02 Å². The minimum absolute atomic E-state index is 0.142. The van der Waals surface area contributed by atoms with Gasteiger partial charge in [-0.2, -0.15) is 0 Å². The Kier molecular flexibility index (Phi) is 5.18. The van der Waals surface area contributed by atoms with E-state index in [9.17, 15) is 4.79 Å². The van der Waals surface area contributed by atoms with E-state index in [0.29, 0.717) is 22.2 Å². The molecule has 0 radical (unpaired) electrons. The minimum Gasteiger partial charge on any atom is -0.322 e. The van der Waals surface area contributed by atoms with E-state index < -0.39 is 0 Å². The van der Waals surface area contributed by atoms with E-state index in [1.807, 2.05) is 30.3 Å². The lowest BCUT2D eigenvalue weighted by Gasteiger charge is -2.06. The molecule has 2 aromatic rings. The quantitative estimate of drug-likeness (QED) is 0.819. The Balaban J connectivity index is 2.06. The summed E-state index contributed by atoms with van der Waals surface area (Å²) in [6.07, 6.45) is 4.18. The van der Waals surface area contributed by atoms with Crippen molar-refractivity contribution in [3.05, 3.63) is 70.8 Å². The molecule has 2 rings (SSSR count). The highest BCUT2D eigenvalue weighted by Crippen LogP contribution is 2.16. The number of carbonyl (C=O) groups excluding carboxylic acids is 1. The molecule has 0 aliphatic carbocycles. The van der Waals surface area contributed by atoms with Crippen LogP contribution in [0.15, 0.2) is 54.6 Å². The summed E-state index contributed by atoms with van der Waals surface area (Å²) in [6, 6.07) is 14.6. The standard InChI is InChI=1S/C18H18ClNO/c1-13(2)6-7-14-8-10-15(11-9-14)18(21)20-17-5-3-4-16(19)12-17/h3-13H,1-2H3,(H,20,21)/b7-6+. The summed E-state index contributed by atoms with van der Waals surface area (Å²) < 4.78 is 0. The molecular weight excluding hydrogens is 282 g/mol. The largest absolute Gasteiger partial charge is 0.322 e. The number of nitrogens with one attached hydrogen (secondary N) is 1. The van der Waals surface area contributed by atoms with Gasteiger partial charge in [-0.25, -0.2) is 0 Å². The zero-order valence-electron chi connectivity index (χ0n) is 12.1. The van der Waals surface area contributed by atoms with Crippen LogP contribution >= 0.6 is 11.6 Å². The van der Waals surface area contributed by atoms with Crippen LogP contribution in [0.1, 0.15) is 29.8 Å². The summed E-state index contributed by atoms with van der Waals surface area (Å²) in [7, 11) is 0. The van der Waals surface area contributed by atoms with Gasteiger partial charge in [0.05, 0.1) is 0 Å². The molecule has 0 aliphatic heterocycles. The molecule has 0 unspecified atom stereocenters. The number of anilines is 1. The molecule has 2 aromatic carbocycles. The van der Waals surface area contributed by atoms with E-state index in [-0.39, 0.29) is 5.91 Å². The Labute approximate surface area is 130 Å². The van der Waals surface area contributed by atoms with Crippen molar-refractivity contribution < 1.29 is 4.79 Å². The van der Waals surface area contributed by atoms with Gasteiger partial charge in [0.1, 0.15) is 0 Å². The number of benzene rings is 2. The summed E-state index contributed by atoms with van der Waals surface area (Å²) in [5, 5.41) is 3.43. The predicted octanol–water partition coefficient (Wildman–Crippen LogP) is 5.26. The van der Waals surface area contributed by atoms with Crippen molar-refractivity contribution in [1.82, 2.24) is 0 Å². The van der Waals surface area contributed by atoms with Gasteiger partial charge in [0, 0.05) is 16.3 Å². The first-order valence-electron chi connectivity index (χ1n) is 6.90. The zero-order chi connectivity index (χ0) is 15.2. The van der Waals surface area contributed by atoms with Gasteiger partial charge >= 0.3 is 0 Å². The predicted molar refractivity (Wildman–Crippen MR) is 89.7 cm³/mol. The SMILES string of the molecule is CC(C)/C=C/c1ccc(C(=O)Nc2cccc(Cl)c2)cc1. The average Bonchev–Trinajstić information content (AvgIpc) is 2.45. The normalized spacial score (nSPS) is 11.0. The van der Waals surface area contributed by atoms with Crippen LogP contribution in [0.3, 0.4) is 0 Å². The van der Waals surface area contributed by atoms with Gasteiger partial charge in [-0.3, -0.25) is 4.79 Å². The molecule has 3 heteroatoms. The number of allylic oxidation sites excluding steroid dienone is 1. The number of amides is 1. The molecule has 0 saturated heterocycles. The maximum absolute atomic E-state index is 12.1. The lowest BCUT2D eigenvalue weighted by molar-refractivity contribution is 0.102. The number of hydrogen-bond acceptors (Lipinski definition) is 1. The molecule has 21 heavy (non-hydrogen) atoms. The van der Waals surface area contributed by atoms with Crippen molar-refractivity contribution in [2.75, 3.05) is 5.32 Å². The maximum Gasteiger partial charge on any atom is 0.255 e. The maximum atomic E-state index is 12.1. The van der Waals surface area contributed by atoms with Gasteiger partial charge in [0.2, 0.25) is 0 Å². The molecule has 1 N–H and O–H groups in total. The van der Waals surface area contributed by atoms with Gasteiger partial charge in [0.15, 0.2) is 0 Å². The Morgan fingerprint density at radius 3 is 2.48 bits per heavy atom. The first-order chi connectivity index (χ1) is 10.0. The number of rotatable bonds is 4. The second kappa shape index (κ2) is 7.09. The third-order valence-corrected chi connectivity index (χ3v) is 3.16. The number of hydrogen-bond donors (Lipinski definition) is 1. The summed E-state index contributed by atoms with van der Waals surface area (Å²) >= 11 is 5.90. The summed E-state index contributed by atoms with van der Waals surface area (Å²) in [5.41, 5.74) is 2.40. The average molecular weight is 300 g/mol. The van der Waals surface area contributed by atoms with E-state index in [0.717, 1.165) is 5.56 Å². The van der Waals surface area contributed by atoms with E-state index >= 15 is 0 Å². The van der Waals surface area contributed by atoms with Crippen LogP contribution < -0.4 is 5.32 Å². The van der Waals surface area contributed by atoms with Gasteiger partial charge in [-0.15, -0.1) is 0 Å². The van der Waals surface area contributed by atoms with E-state index in [1.165, 1.54) is 0 Å². The number of halogens is 1. The zero-order valence-corrected chi connectivity index (χ0v) is 12.9. The van der Waals surface area contributed by atoms with Gasteiger partial charge in [-0.1, -0.05) is 55.8 Å². The minimum atomic E-state index is -0.142. The molecule has 0 spiro atoms. The van der Waals surface area contributed by atoms with E-state index in [1.54, 1.807) is 18.2 Å². The van der Waals surface area contributed by atoms with Crippen molar-refractivity contribution >= 4 is 29.3 Å². The van der Waals surface area contributed by atoms with Crippen LogP contribution in [0.25, 0.3) is 6.08 Å². The van der Waals surface area contributed by atoms with Crippen LogP contribution in [0.4, 0.5) is 5.69 Å². The molecule has 0 saturated carbocycles. The van der Waals surface area contributed by atoms with Crippen LogP contribution in [-0.4, -0.2) is 5.91 Å². The van der Waals surface area contributed by atoms with Crippen LogP contribution in [0, 0.1) is 5.92 Å². The third kappa shape index (κ3) is 4.76. The molecule has 108 valence electrons. The monoisotopic (exact) mass is 299 g/mol. The summed E-state index contributed by atoms with van der Waals surface area (Å²) in [6.45, 7) is 4.26. The van der Waals surface area contributed by atoms with E-state index in [4.69, 9.17) is 11.6 Å². The Morgan fingerprint density at radius 2 is 1.86 bits per heavy atom. The molecule has 1 amide bonds. The van der Waals surface area contributed by atoms with Gasteiger partial charge < -0.3 is 5.32 Å². The fourth-order valence-corrected chi connectivity index (χ4v) is 2.01.